The Morgan fingerprint density at radius 2 is 1.39 bits per heavy atom. The third-order valence-corrected chi connectivity index (χ3v) is 4.23. The molecule has 1 unspecified atom stereocenters. The molecule has 0 aliphatic heterocycles. The number of anilines is 1. The van der Waals surface area contributed by atoms with Crippen LogP contribution in [0.4, 0.5) is 14.5 Å². The van der Waals surface area contributed by atoms with Gasteiger partial charge < -0.3 is 10.6 Å². The van der Waals surface area contributed by atoms with Crippen molar-refractivity contribution in [3.8, 4) is 0 Å². The van der Waals surface area contributed by atoms with Crippen molar-refractivity contribution < 1.29 is 18.4 Å². The van der Waals surface area contributed by atoms with Gasteiger partial charge in [-0.05, 0) is 48.9 Å². The molecule has 0 saturated carbocycles. The van der Waals surface area contributed by atoms with Gasteiger partial charge in [0.05, 0.1) is 6.04 Å². The van der Waals surface area contributed by atoms with E-state index in [4.69, 9.17) is 0 Å². The number of nitrogens with one attached hydrogen (secondary N) is 2. The molecule has 3 aromatic carbocycles. The smallest absolute Gasteiger partial charge is 0.255 e. The third-order valence-electron chi connectivity index (χ3n) is 4.23. The van der Waals surface area contributed by atoms with Crippen molar-refractivity contribution in [1.29, 1.82) is 0 Å². The molecule has 0 heterocycles. The highest BCUT2D eigenvalue weighted by molar-refractivity contribution is 6.05. The van der Waals surface area contributed by atoms with Crippen LogP contribution in [0.25, 0.3) is 0 Å². The molecule has 2 N–H and O–H groups in total. The quantitative estimate of drug-likeness (QED) is 0.674. The highest BCUT2D eigenvalue weighted by atomic mass is 19.2. The Balaban J connectivity index is 1.64. The highest BCUT2D eigenvalue weighted by Gasteiger charge is 2.13. The van der Waals surface area contributed by atoms with Gasteiger partial charge in [0.25, 0.3) is 11.8 Å². The molecular weight excluding hydrogens is 362 g/mol. The van der Waals surface area contributed by atoms with Gasteiger partial charge >= 0.3 is 0 Å². The van der Waals surface area contributed by atoms with Crippen LogP contribution >= 0.6 is 0 Å². The molecule has 1 atom stereocenters. The van der Waals surface area contributed by atoms with E-state index in [9.17, 15) is 18.4 Å². The standard InChI is InChI=1S/C22H18F2N2O2/c1-14(15-5-3-2-4-6-15)25-21(27)16-7-9-17(10-8-16)22(28)26-18-11-12-19(23)20(24)13-18/h2-14H,1H3,(H,25,27)(H,26,28). The minimum Gasteiger partial charge on any atom is -0.346 e. The van der Waals surface area contributed by atoms with Crippen LogP contribution in [0.1, 0.15) is 39.2 Å². The summed E-state index contributed by atoms with van der Waals surface area (Å²) in [6, 6.07) is 18.6. The van der Waals surface area contributed by atoms with Crippen molar-refractivity contribution in [3.05, 3.63) is 101 Å². The lowest BCUT2D eigenvalue weighted by atomic mass is 10.1. The van der Waals surface area contributed by atoms with Gasteiger partial charge in [0.15, 0.2) is 11.6 Å². The van der Waals surface area contributed by atoms with E-state index in [0.717, 1.165) is 17.7 Å². The summed E-state index contributed by atoms with van der Waals surface area (Å²) < 4.78 is 26.2. The van der Waals surface area contributed by atoms with E-state index in [1.54, 1.807) is 0 Å². The lowest BCUT2D eigenvalue weighted by Gasteiger charge is -2.14. The molecule has 6 heteroatoms. The van der Waals surface area contributed by atoms with Crippen LogP contribution in [-0.4, -0.2) is 11.8 Å². The molecule has 0 spiro atoms. The molecular formula is C22H18F2N2O2. The van der Waals surface area contributed by atoms with E-state index in [1.165, 1.54) is 30.3 Å². The lowest BCUT2D eigenvalue weighted by molar-refractivity contribution is 0.0938. The highest BCUT2D eigenvalue weighted by Crippen LogP contribution is 2.16. The summed E-state index contributed by atoms with van der Waals surface area (Å²) >= 11 is 0. The number of halogens is 2. The number of benzene rings is 3. The van der Waals surface area contributed by atoms with Crippen LogP contribution < -0.4 is 10.6 Å². The summed E-state index contributed by atoms with van der Waals surface area (Å²) in [5.74, 6) is -2.78. The summed E-state index contributed by atoms with van der Waals surface area (Å²) in [6.07, 6.45) is 0. The first-order valence-electron chi connectivity index (χ1n) is 8.66. The van der Waals surface area contributed by atoms with Crippen molar-refractivity contribution in [2.75, 3.05) is 5.32 Å². The second-order valence-electron chi connectivity index (χ2n) is 6.27. The maximum absolute atomic E-state index is 13.2. The van der Waals surface area contributed by atoms with Crippen LogP contribution in [0, 0.1) is 11.6 Å². The van der Waals surface area contributed by atoms with Crippen molar-refractivity contribution >= 4 is 17.5 Å². The third kappa shape index (κ3) is 4.59. The van der Waals surface area contributed by atoms with Gasteiger partial charge in [0.1, 0.15) is 0 Å². The molecule has 0 aliphatic carbocycles. The normalized spacial score (nSPS) is 11.5. The topological polar surface area (TPSA) is 58.2 Å². The van der Waals surface area contributed by atoms with Crippen LogP contribution in [0.2, 0.25) is 0 Å². The first kappa shape index (κ1) is 19.2. The largest absolute Gasteiger partial charge is 0.346 e. The Morgan fingerprint density at radius 1 is 0.786 bits per heavy atom. The van der Waals surface area contributed by atoms with E-state index in [0.29, 0.717) is 5.56 Å². The lowest BCUT2D eigenvalue weighted by Crippen LogP contribution is -2.26. The SMILES string of the molecule is CC(NC(=O)c1ccc(C(=O)Nc2ccc(F)c(F)c2)cc1)c1ccccc1. The predicted molar refractivity (Wildman–Crippen MR) is 103 cm³/mol. The van der Waals surface area contributed by atoms with Crippen molar-refractivity contribution in [2.45, 2.75) is 13.0 Å². The number of hydrogen-bond donors (Lipinski definition) is 2. The molecule has 28 heavy (non-hydrogen) atoms. The van der Waals surface area contributed by atoms with Crippen LogP contribution in [0.3, 0.4) is 0 Å². The number of carbonyl (C=O) groups excluding carboxylic acids is 2. The van der Waals surface area contributed by atoms with Crippen LogP contribution in [-0.2, 0) is 0 Å². The molecule has 0 radical (unpaired) electrons. The van der Waals surface area contributed by atoms with Gasteiger partial charge in [-0.25, -0.2) is 8.78 Å². The zero-order valence-electron chi connectivity index (χ0n) is 15.1. The van der Waals surface area contributed by atoms with Gasteiger partial charge in [-0.2, -0.15) is 0 Å². The molecule has 0 aliphatic rings. The first-order chi connectivity index (χ1) is 13.4. The fourth-order valence-corrected chi connectivity index (χ4v) is 2.66. The zero-order chi connectivity index (χ0) is 20.1. The van der Waals surface area contributed by atoms with E-state index in [1.807, 2.05) is 37.3 Å². The molecule has 3 rings (SSSR count). The van der Waals surface area contributed by atoms with E-state index in [-0.39, 0.29) is 23.2 Å². The molecule has 142 valence electrons. The van der Waals surface area contributed by atoms with Crippen LogP contribution in [0.5, 0.6) is 0 Å². The minimum atomic E-state index is -1.04. The van der Waals surface area contributed by atoms with E-state index >= 15 is 0 Å². The summed E-state index contributed by atoms with van der Waals surface area (Å²) in [4.78, 5) is 24.6. The van der Waals surface area contributed by atoms with E-state index < -0.39 is 17.5 Å². The van der Waals surface area contributed by atoms with Gasteiger partial charge in [-0.3, -0.25) is 9.59 Å². The molecule has 0 saturated heterocycles. The minimum absolute atomic E-state index is 0.141. The van der Waals surface area contributed by atoms with E-state index in [2.05, 4.69) is 10.6 Å². The second kappa shape index (κ2) is 8.43. The summed E-state index contributed by atoms with van der Waals surface area (Å²) in [5.41, 5.74) is 1.82. The molecule has 4 nitrogen and oxygen atoms in total. The number of rotatable bonds is 5. The molecule has 0 fully saturated rings. The Hall–Kier alpha value is -3.54. The maximum atomic E-state index is 13.2. The molecule has 0 aromatic heterocycles. The molecule has 3 aromatic rings. The second-order valence-corrected chi connectivity index (χ2v) is 6.27. The summed E-state index contributed by atoms with van der Waals surface area (Å²) in [5, 5.41) is 5.38. The van der Waals surface area contributed by atoms with Gasteiger partial charge in [0.2, 0.25) is 0 Å². The Bertz CT molecular complexity index is 989. The number of hydrogen-bond acceptors (Lipinski definition) is 2. The van der Waals surface area contributed by atoms with Gasteiger partial charge in [-0.1, -0.05) is 30.3 Å². The number of carbonyl (C=O) groups is 2. The van der Waals surface area contributed by atoms with Gasteiger partial charge in [0, 0.05) is 22.9 Å². The van der Waals surface area contributed by atoms with Crippen LogP contribution in [0.15, 0.2) is 72.8 Å². The Kier molecular flexibility index (Phi) is 5.79. The zero-order valence-corrected chi connectivity index (χ0v) is 15.1. The van der Waals surface area contributed by atoms with Gasteiger partial charge in [-0.15, -0.1) is 0 Å². The summed E-state index contributed by atoms with van der Waals surface area (Å²) in [7, 11) is 0. The van der Waals surface area contributed by atoms with Crippen molar-refractivity contribution in [2.24, 2.45) is 0 Å². The van der Waals surface area contributed by atoms with Crippen molar-refractivity contribution in [3.63, 3.8) is 0 Å². The fourth-order valence-electron chi connectivity index (χ4n) is 2.66. The Morgan fingerprint density at radius 3 is 2.00 bits per heavy atom. The fraction of sp³-hybridized carbons (Fsp3) is 0.0909. The summed E-state index contributed by atoms with van der Waals surface area (Å²) in [6.45, 7) is 1.89. The monoisotopic (exact) mass is 380 g/mol. The molecule has 2 amide bonds. The predicted octanol–water partition coefficient (Wildman–Crippen LogP) is 4.71. The Labute approximate surface area is 161 Å². The maximum Gasteiger partial charge on any atom is 0.255 e. The average molecular weight is 380 g/mol. The molecule has 0 bridgehead atoms. The first-order valence-corrected chi connectivity index (χ1v) is 8.66. The number of amides is 2. The average Bonchev–Trinajstić information content (AvgIpc) is 2.71. The van der Waals surface area contributed by atoms with Crippen molar-refractivity contribution in [1.82, 2.24) is 5.32 Å².